The van der Waals surface area contributed by atoms with Crippen LogP contribution in [0.25, 0.3) is 0 Å². The first kappa shape index (κ1) is 14.7. The van der Waals surface area contributed by atoms with Crippen molar-refractivity contribution in [2.24, 2.45) is 0 Å². The van der Waals surface area contributed by atoms with E-state index in [9.17, 15) is 28.1 Å². The highest BCUT2D eigenvalue weighted by atomic mass is 19.4. The van der Waals surface area contributed by atoms with Gasteiger partial charge < -0.3 is 4.52 Å². The van der Waals surface area contributed by atoms with Gasteiger partial charge in [-0.25, -0.2) is 0 Å². The Morgan fingerprint density at radius 1 is 1.33 bits per heavy atom. The molecule has 0 saturated carbocycles. The Labute approximate surface area is 115 Å². The number of nitro benzene ring substituents is 1. The topological polar surface area (TPSA) is 86.2 Å². The third kappa shape index (κ3) is 2.76. The van der Waals surface area contributed by atoms with Crippen molar-refractivity contribution in [3.05, 3.63) is 57.0 Å². The Kier molecular flexibility index (Phi) is 3.50. The molecule has 0 aliphatic heterocycles. The summed E-state index contributed by atoms with van der Waals surface area (Å²) in [6, 6.07) is 1.72. The lowest BCUT2D eigenvalue weighted by Gasteiger charge is -2.08. The van der Waals surface area contributed by atoms with Crippen LogP contribution < -0.4 is 0 Å². The standard InChI is InChI=1S/C12H7F3N2O4/c1-6-9(5-21-16-6)11(18)8-3-2-7(12(13,14)15)4-10(8)17(19)20/h2-5H,1H3. The molecule has 0 amide bonds. The zero-order valence-electron chi connectivity index (χ0n) is 10.5. The largest absolute Gasteiger partial charge is 0.416 e. The minimum absolute atomic E-state index is 0.0436. The van der Waals surface area contributed by atoms with E-state index in [0.717, 1.165) is 12.3 Å². The summed E-state index contributed by atoms with van der Waals surface area (Å²) in [4.78, 5) is 22.0. The average molecular weight is 300 g/mol. The lowest BCUT2D eigenvalue weighted by Crippen LogP contribution is -2.10. The fourth-order valence-corrected chi connectivity index (χ4v) is 1.71. The predicted octanol–water partition coefficient (Wildman–Crippen LogP) is 3.14. The van der Waals surface area contributed by atoms with Crippen LogP contribution in [0.1, 0.15) is 27.2 Å². The third-order valence-corrected chi connectivity index (χ3v) is 2.76. The fraction of sp³-hybridized carbons (Fsp3) is 0.167. The Balaban J connectivity index is 2.57. The second-order valence-electron chi connectivity index (χ2n) is 4.13. The number of benzene rings is 1. The van der Waals surface area contributed by atoms with Gasteiger partial charge in [0.05, 0.1) is 21.7 Å². The molecule has 0 atom stereocenters. The molecule has 0 radical (unpaired) electrons. The number of alkyl halides is 3. The van der Waals surface area contributed by atoms with Gasteiger partial charge in [-0.2, -0.15) is 13.2 Å². The van der Waals surface area contributed by atoms with E-state index in [0.29, 0.717) is 12.1 Å². The molecule has 110 valence electrons. The Bertz CT molecular complexity index is 722. The molecule has 1 aromatic heterocycles. The maximum absolute atomic E-state index is 12.6. The molecule has 2 aromatic rings. The molecule has 2 rings (SSSR count). The molecular formula is C12H7F3N2O4. The number of carbonyl (C=O) groups is 1. The van der Waals surface area contributed by atoms with Crippen molar-refractivity contribution in [2.75, 3.05) is 0 Å². The average Bonchev–Trinajstić information content (AvgIpc) is 2.82. The quantitative estimate of drug-likeness (QED) is 0.493. The first-order chi connectivity index (χ1) is 9.71. The molecule has 0 fully saturated rings. The lowest BCUT2D eigenvalue weighted by atomic mass is 10.0. The molecule has 21 heavy (non-hydrogen) atoms. The molecule has 0 unspecified atom stereocenters. The van der Waals surface area contributed by atoms with E-state index in [1.807, 2.05) is 0 Å². The number of hydrogen-bond acceptors (Lipinski definition) is 5. The molecule has 6 nitrogen and oxygen atoms in total. The minimum Gasteiger partial charge on any atom is -0.364 e. The summed E-state index contributed by atoms with van der Waals surface area (Å²) >= 11 is 0. The van der Waals surface area contributed by atoms with E-state index in [1.165, 1.54) is 6.92 Å². The Morgan fingerprint density at radius 2 is 2.00 bits per heavy atom. The number of nitrogens with zero attached hydrogens (tertiary/aromatic N) is 2. The Hall–Kier alpha value is -2.71. The van der Waals surface area contributed by atoms with Gasteiger partial charge in [0.15, 0.2) is 0 Å². The molecule has 0 N–H and O–H groups in total. The monoisotopic (exact) mass is 300 g/mol. The summed E-state index contributed by atoms with van der Waals surface area (Å²) in [6.45, 7) is 1.44. The lowest BCUT2D eigenvalue weighted by molar-refractivity contribution is -0.385. The van der Waals surface area contributed by atoms with E-state index in [1.54, 1.807) is 0 Å². The smallest absolute Gasteiger partial charge is 0.364 e. The molecule has 0 saturated heterocycles. The van der Waals surface area contributed by atoms with Crippen LogP contribution >= 0.6 is 0 Å². The van der Waals surface area contributed by atoms with Gasteiger partial charge in [0.2, 0.25) is 5.78 Å². The van der Waals surface area contributed by atoms with Gasteiger partial charge >= 0.3 is 6.18 Å². The Morgan fingerprint density at radius 3 is 2.48 bits per heavy atom. The van der Waals surface area contributed by atoms with Gasteiger partial charge in [0, 0.05) is 6.07 Å². The van der Waals surface area contributed by atoms with E-state index >= 15 is 0 Å². The van der Waals surface area contributed by atoms with Crippen LogP contribution in [0.2, 0.25) is 0 Å². The van der Waals surface area contributed by atoms with Gasteiger partial charge in [0.1, 0.15) is 11.8 Å². The van der Waals surface area contributed by atoms with Crippen LogP contribution in [-0.4, -0.2) is 15.9 Å². The van der Waals surface area contributed by atoms with Gasteiger partial charge in [-0.15, -0.1) is 0 Å². The SMILES string of the molecule is Cc1nocc1C(=O)c1ccc(C(F)(F)F)cc1[N+](=O)[O-]. The van der Waals surface area contributed by atoms with Crippen molar-refractivity contribution >= 4 is 11.5 Å². The van der Waals surface area contributed by atoms with E-state index in [-0.39, 0.29) is 11.3 Å². The third-order valence-electron chi connectivity index (χ3n) is 2.76. The van der Waals surface area contributed by atoms with Crippen LogP contribution in [0.5, 0.6) is 0 Å². The normalized spacial score (nSPS) is 11.4. The molecule has 0 aliphatic carbocycles. The summed E-state index contributed by atoms with van der Waals surface area (Å²) in [5.41, 5.74) is -2.44. The van der Waals surface area contributed by atoms with E-state index < -0.39 is 33.7 Å². The molecule has 0 aliphatic rings. The number of rotatable bonds is 3. The molecule has 9 heteroatoms. The van der Waals surface area contributed by atoms with Crippen molar-refractivity contribution < 1.29 is 27.4 Å². The number of ketones is 1. The van der Waals surface area contributed by atoms with Crippen molar-refractivity contribution in [1.82, 2.24) is 5.16 Å². The molecular weight excluding hydrogens is 293 g/mol. The highest BCUT2D eigenvalue weighted by Crippen LogP contribution is 2.33. The summed E-state index contributed by atoms with van der Waals surface area (Å²) in [5.74, 6) is -0.825. The molecule has 0 spiro atoms. The zero-order chi connectivity index (χ0) is 15.8. The van der Waals surface area contributed by atoms with Gasteiger partial charge in [-0.1, -0.05) is 5.16 Å². The summed E-state index contributed by atoms with van der Waals surface area (Å²) in [5, 5.41) is 14.4. The van der Waals surface area contributed by atoms with Crippen molar-refractivity contribution in [2.45, 2.75) is 13.1 Å². The van der Waals surface area contributed by atoms with Crippen LogP contribution in [0, 0.1) is 17.0 Å². The first-order valence-corrected chi connectivity index (χ1v) is 5.53. The zero-order valence-corrected chi connectivity index (χ0v) is 10.5. The van der Waals surface area contributed by atoms with Gasteiger partial charge in [-0.05, 0) is 19.1 Å². The van der Waals surface area contributed by atoms with E-state index in [4.69, 9.17) is 0 Å². The van der Waals surface area contributed by atoms with Gasteiger partial charge in [-0.3, -0.25) is 14.9 Å². The second kappa shape index (κ2) is 5.00. The highest BCUT2D eigenvalue weighted by molar-refractivity contribution is 6.11. The number of aromatic nitrogens is 1. The minimum atomic E-state index is -4.74. The number of hydrogen-bond donors (Lipinski definition) is 0. The second-order valence-corrected chi connectivity index (χ2v) is 4.13. The maximum atomic E-state index is 12.6. The van der Waals surface area contributed by atoms with Crippen molar-refractivity contribution in [3.8, 4) is 0 Å². The van der Waals surface area contributed by atoms with Crippen LogP contribution in [0.4, 0.5) is 18.9 Å². The molecule has 0 bridgehead atoms. The van der Waals surface area contributed by atoms with Crippen LogP contribution in [0.3, 0.4) is 0 Å². The van der Waals surface area contributed by atoms with Crippen LogP contribution in [0.15, 0.2) is 29.0 Å². The van der Waals surface area contributed by atoms with Crippen LogP contribution in [-0.2, 0) is 6.18 Å². The summed E-state index contributed by atoms with van der Waals surface area (Å²) < 4.78 is 42.3. The highest BCUT2D eigenvalue weighted by Gasteiger charge is 2.34. The maximum Gasteiger partial charge on any atom is 0.416 e. The van der Waals surface area contributed by atoms with E-state index in [2.05, 4.69) is 9.68 Å². The molecule has 1 aromatic carbocycles. The van der Waals surface area contributed by atoms with Crippen molar-refractivity contribution in [1.29, 1.82) is 0 Å². The molecule has 1 heterocycles. The number of halogens is 3. The number of nitro groups is 1. The first-order valence-electron chi connectivity index (χ1n) is 5.53. The summed E-state index contributed by atoms with van der Waals surface area (Å²) in [7, 11) is 0. The number of carbonyl (C=O) groups excluding carboxylic acids is 1. The fourth-order valence-electron chi connectivity index (χ4n) is 1.71. The summed E-state index contributed by atoms with van der Waals surface area (Å²) in [6.07, 6.45) is -3.75. The predicted molar refractivity (Wildman–Crippen MR) is 62.8 cm³/mol. The number of aryl methyl sites for hydroxylation is 1. The van der Waals surface area contributed by atoms with Gasteiger partial charge in [0.25, 0.3) is 5.69 Å². The van der Waals surface area contributed by atoms with Crippen molar-refractivity contribution in [3.63, 3.8) is 0 Å².